The average Bonchev–Trinajstić information content (AvgIpc) is 2.79. The number of ether oxygens (including phenoxy) is 2. The van der Waals surface area contributed by atoms with E-state index in [0.717, 1.165) is 21.3 Å². The third kappa shape index (κ3) is 6.65. The van der Waals surface area contributed by atoms with E-state index in [4.69, 9.17) is 9.47 Å². The van der Waals surface area contributed by atoms with Crippen molar-refractivity contribution in [1.82, 2.24) is 5.43 Å². The lowest BCUT2D eigenvalue weighted by molar-refractivity contribution is 0.0734. The van der Waals surface area contributed by atoms with Crippen molar-refractivity contribution in [1.29, 1.82) is 0 Å². The van der Waals surface area contributed by atoms with Gasteiger partial charge in [0, 0.05) is 3.57 Å². The number of benzene rings is 3. The second kappa shape index (κ2) is 11.3. The third-order valence-electron chi connectivity index (χ3n) is 4.15. The van der Waals surface area contributed by atoms with Crippen molar-refractivity contribution in [3.8, 4) is 11.5 Å². The highest BCUT2D eigenvalue weighted by Gasteiger charge is 2.09. The molecule has 0 heterocycles. The number of carbonyl (C=O) groups excluding carboxylic acids is 2. The molecule has 7 heteroatoms. The predicted molar refractivity (Wildman–Crippen MR) is 128 cm³/mol. The highest BCUT2D eigenvalue weighted by atomic mass is 127. The van der Waals surface area contributed by atoms with Gasteiger partial charge in [-0.25, -0.2) is 10.2 Å². The lowest BCUT2D eigenvalue weighted by Gasteiger charge is -2.07. The molecule has 0 unspecified atom stereocenters. The van der Waals surface area contributed by atoms with E-state index >= 15 is 0 Å². The van der Waals surface area contributed by atoms with Crippen molar-refractivity contribution < 1.29 is 19.1 Å². The summed E-state index contributed by atoms with van der Waals surface area (Å²) in [4.78, 5) is 24.4. The molecule has 3 rings (SSSR count). The van der Waals surface area contributed by atoms with Gasteiger partial charge in [-0.2, -0.15) is 5.10 Å². The van der Waals surface area contributed by atoms with Crippen LogP contribution in [0.3, 0.4) is 0 Å². The molecule has 0 bridgehead atoms. The summed E-state index contributed by atoms with van der Waals surface area (Å²) in [5, 5.41) is 3.98. The van der Waals surface area contributed by atoms with Crippen LogP contribution in [-0.4, -0.2) is 24.7 Å². The number of carbonyl (C=O) groups is 2. The number of rotatable bonds is 8. The van der Waals surface area contributed by atoms with Crippen LogP contribution in [0.25, 0.3) is 0 Å². The zero-order valence-corrected chi connectivity index (χ0v) is 19.0. The zero-order chi connectivity index (χ0) is 22.1. The number of hydrogen-bond acceptors (Lipinski definition) is 5. The maximum atomic E-state index is 12.3. The molecule has 158 valence electrons. The summed E-state index contributed by atoms with van der Waals surface area (Å²) < 4.78 is 11.8. The third-order valence-corrected chi connectivity index (χ3v) is 5.09. The Bertz CT molecular complexity index is 1060. The fourth-order valence-corrected chi connectivity index (χ4v) is 3.20. The topological polar surface area (TPSA) is 77.0 Å². The summed E-state index contributed by atoms with van der Waals surface area (Å²) in [6.07, 6.45) is 2.44. The van der Waals surface area contributed by atoms with Gasteiger partial charge in [0.15, 0.2) is 0 Å². The van der Waals surface area contributed by atoms with Gasteiger partial charge in [0.25, 0.3) is 5.91 Å². The zero-order valence-electron chi connectivity index (χ0n) is 16.9. The Morgan fingerprint density at radius 3 is 2.32 bits per heavy atom. The SMILES string of the molecule is CCCOc1ccc(C(=O)Oc2ccc(C=NNC(=O)c3ccccc3I)cc2)cc1. The molecule has 0 saturated heterocycles. The molecule has 1 N–H and O–H groups in total. The first-order valence-electron chi connectivity index (χ1n) is 9.70. The summed E-state index contributed by atoms with van der Waals surface area (Å²) in [6, 6.07) is 20.9. The van der Waals surface area contributed by atoms with Gasteiger partial charge in [0.05, 0.1) is 23.9 Å². The molecular formula is C24H21IN2O4. The number of hydrogen-bond donors (Lipinski definition) is 1. The van der Waals surface area contributed by atoms with Gasteiger partial charge in [-0.3, -0.25) is 4.79 Å². The molecule has 0 fully saturated rings. The van der Waals surface area contributed by atoms with Gasteiger partial charge in [0.2, 0.25) is 0 Å². The Kier molecular flexibility index (Phi) is 8.17. The summed E-state index contributed by atoms with van der Waals surface area (Å²) in [5.41, 5.74) is 4.25. The molecule has 6 nitrogen and oxygen atoms in total. The van der Waals surface area contributed by atoms with Gasteiger partial charge >= 0.3 is 5.97 Å². The Labute approximate surface area is 194 Å². The van der Waals surface area contributed by atoms with E-state index in [2.05, 4.69) is 33.1 Å². The van der Waals surface area contributed by atoms with Crippen molar-refractivity contribution in [3.63, 3.8) is 0 Å². The largest absolute Gasteiger partial charge is 0.494 e. The van der Waals surface area contributed by atoms with Gasteiger partial charge in [-0.1, -0.05) is 19.1 Å². The molecule has 0 saturated carbocycles. The van der Waals surface area contributed by atoms with Crippen molar-refractivity contribution >= 4 is 40.7 Å². The van der Waals surface area contributed by atoms with E-state index in [1.165, 1.54) is 6.21 Å². The maximum Gasteiger partial charge on any atom is 0.343 e. The van der Waals surface area contributed by atoms with Crippen LogP contribution in [0, 0.1) is 3.57 Å². The monoisotopic (exact) mass is 528 g/mol. The number of esters is 1. The minimum absolute atomic E-state index is 0.280. The van der Waals surface area contributed by atoms with E-state index in [-0.39, 0.29) is 5.91 Å². The van der Waals surface area contributed by atoms with Gasteiger partial charge in [-0.05, 0) is 95.2 Å². The normalized spacial score (nSPS) is 10.6. The van der Waals surface area contributed by atoms with E-state index in [1.807, 2.05) is 19.1 Å². The lowest BCUT2D eigenvalue weighted by Crippen LogP contribution is -2.18. The van der Waals surface area contributed by atoms with Crippen LogP contribution in [0.2, 0.25) is 0 Å². The highest BCUT2D eigenvalue weighted by Crippen LogP contribution is 2.17. The fraction of sp³-hybridized carbons (Fsp3) is 0.125. The molecule has 0 atom stereocenters. The average molecular weight is 528 g/mol. The Balaban J connectivity index is 1.53. The van der Waals surface area contributed by atoms with Crippen molar-refractivity contribution in [3.05, 3.63) is 93.1 Å². The van der Waals surface area contributed by atoms with Crippen LogP contribution < -0.4 is 14.9 Å². The van der Waals surface area contributed by atoms with Crippen LogP contribution >= 0.6 is 22.6 Å². The Morgan fingerprint density at radius 2 is 1.65 bits per heavy atom. The molecule has 0 aliphatic carbocycles. The van der Waals surface area contributed by atoms with Gasteiger partial charge in [0.1, 0.15) is 11.5 Å². The van der Waals surface area contributed by atoms with E-state index < -0.39 is 5.97 Å². The van der Waals surface area contributed by atoms with Gasteiger partial charge < -0.3 is 9.47 Å². The standard InChI is InChI=1S/C24H21IN2O4/c1-2-15-30-19-13-9-18(10-14-19)24(29)31-20-11-7-17(8-12-20)16-26-27-23(28)21-5-3-4-6-22(21)25/h3-14,16H,2,15H2,1H3,(H,27,28). The highest BCUT2D eigenvalue weighted by molar-refractivity contribution is 14.1. The van der Waals surface area contributed by atoms with Crippen LogP contribution in [0.5, 0.6) is 11.5 Å². The molecule has 31 heavy (non-hydrogen) atoms. The van der Waals surface area contributed by atoms with E-state index in [1.54, 1.807) is 60.7 Å². The summed E-state index contributed by atoms with van der Waals surface area (Å²) in [6.45, 7) is 2.67. The summed E-state index contributed by atoms with van der Waals surface area (Å²) >= 11 is 2.10. The van der Waals surface area contributed by atoms with E-state index in [9.17, 15) is 9.59 Å². The first-order valence-corrected chi connectivity index (χ1v) is 10.8. The maximum absolute atomic E-state index is 12.3. The Morgan fingerprint density at radius 1 is 0.968 bits per heavy atom. The molecular weight excluding hydrogens is 507 g/mol. The minimum atomic E-state index is -0.451. The van der Waals surface area contributed by atoms with Gasteiger partial charge in [-0.15, -0.1) is 0 Å². The summed E-state index contributed by atoms with van der Waals surface area (Å²) in [7, 11) is 0. The second-order valence-corrected chi connectivity index (χ2v) is 7.67. The first kappa shape index (κ1) is 22.5. The molecule has 0 aliphatic rings. The van der Waals surface area contributed by atoms with Crippen molar-refractivity contribution in [2.45, 2.75) is 13.3 Å². The fourth-order valence-electron chi connectivity index (χ4n) is 2.57. The van der Waals surface area contributed by atoms with E-state index in [0.29, 0.717) is 23.5 Å². The minimum Gasteiger partial charge on any atom is -0.494 e. The summed E-state index contributed by atoms with van der Waals surface area (Å²) in [5.74, 6) is 0.401. The van der Waals surface area contributed by atoms with Crippen LogP contribution in [0.1, 0.15) is 39.6 Å². The second-order valence-electron chi connectivity index (χ2n) is 6.51. The predicted octanol–water partition coefficient (Wildman–Crippen LogP) is 5.06. The molecule has 3 aromatic carbocycles. The molecule has 1 amide bonds. The molecule has 0 aliphatic heterocycles. The van der Waals surface area contributed by atoms with Crippen LogP contribution in [0.15, 0.2) is 77.9 Å². The van der Waals surface area contributed by atoms with Crippen molar-refractivity contribution in [2.75, 3.05) is 6.61 Å². The number of nitrogens with zero attached hydrogens (tertiary/aromatic N) is 1. The smallest absolute Gasteiger partial charge is 0.343 e. The molecule has 0 aromatic heterocycles. The number of nitrogens with one attached hydrogen (secondary N) is 1. The number of hydrazone groups is 1. The number of amides is 1. The number of halogens is 1. The van der Waals surface area contributed by atoms with Crippen LogP contribution in [0.4, 0.5) is 0 Å². The molecule has 0 radical (unpaired) electrons. The van der Waals surface area contributed by atoms with Crippen molar-refractivity contribution in [2.24, 2.45) is 5.10 Å². The van der Waals surface area contributed by atoms with Crippen LogP contribution in [-0.2, 0) is 0 Å². The first-order chi connectivity index (χ1) is 15.1. The quantitative estimate of drug-likeness (QED) is 0.146. The lowest BCUT2D eigenvalue weighted by atomic mass is 10.2. The Hall–Kier alpha value is -3.20. The molecule has 0 spiro atoms. The molecule has 3 aromatic rings.